The molecule has 2 aromatic rings. The van der Waals surface area contributed by atoms with Crippen LogP contribution in [0.4, 0.5) is 4.79 Å². The van der Waals surface area contributed by atoms with Crippen LogP contribution in [0.1, 0.15) is 33.6 Å². The zero-order chi connectivity index (χ0) is 19.4. The fourth-order valence-electron chi connectivity index (χ4n) is 3.10. The summed E-state index contributed by atoms with van der Waals surface area (Å²) in [4.78, 5) is 17.4. The third kappa shape index (κ3) is 5.26. The third-order valence-electron chi connectivity index (χ3n) is 4.33. The summed E-state index contributed by atoms with van der Waals surface area (Å²) in [6.45, 7) is 7.44. The Bertz CT molecular complexity index is 799. The van der Waals surface area contributed by atoms with Crippen molar-refractivity contribution in [1.82, 2.24) is 14.6 Å². The van der Waals surface area contributed by atoms with Crippen molar-refractivity contribution >= 4 is 28.8 Å². The number of hydrogen-bond donors (Lipinski definition) is 1. The number of hydrogen-bond acceptors (Lipinski definition) is 6. The SMILES string of the molecule is COc1nccc2c(SN3CCC(NC(=O)OC(C)(C)C)CC3)cccc12. The van der Waals surface area contributed by atoms with Crippen LogP contribution in [0.25, 0.3) is 10.8 Å². The van der Waals surface area contributed by atoms with Crippen LogP contribution in [-0.2, 0) is 4.74 Å². The smallest absolute Gasteiger partial charge is 0.407 e. The molecule has 1 fully saturated rings. The number of carbonyl (C=O) groups excluding carboxylic acids is 1. The number of nitrogens with zero attached hydrogens (tertiary/aromatic N) is 2. The highest BCUT2D eigenvalue weighted by Crippen LogP contribution is 2.34. The highest BCUT2D eigenvalue weighted by atomic mass is 32.2. The number of ether oxygens (including phenoxy) is 2. The molecule has 0 aliphatic carbocycles. The summed E-state index contributed by atoms with van der Waals surface area (Å²) in [6.07, 6.45) is 3.26. The molecular weight excluding hydrogens is 362 g/mol. The molecule has 6 nitrogen and oxygen atoms in total. The lowest BCUT2D eigenvalue weighted by Crippen LogP contribution is -2.44. The monoisotopic (exact) mass is 389 g/mol. The predicted molar refractivity (Wildman–Crippen MR) is 108 cm³/mol. The molecule has 1 N–H and O–H groups in total. The van der Waals surface area contributed by atoms with E-state index in [9.17, 15) is 4.79 Å². The summed E-state index contributed by atoms with van der Waals surface area (Å²) in [6, 6.07) is 8.37. The second-order valence-corrected chi connectivity index (χ2v) is 8.75. The molecule has 1 aliphatic heterocycles. The van der Waals surface area contributed by atoms with E-state index in [4.69, 9.17) is 9.47 Å². The second-order valence-electron chi connectivity index (χ2n) is 7.61. The van der Waals surface area contributed by atoms with Crippen LogP contribution in [0.15, 0.2) is 35.4 Å². The largest absolute Gasteiger partial charge is 0.481 e. The van der Waals surface area contributed by atoms with Crippen LogP contribution >= 0.6 is 11.9 Å². The minimum absolute atomic E-state index is 0.161. The van der Waals surface area contributed by atoms with E-state index in [1.807, 2.05) is 39.0 Å². The summed E-state index contributed by atoms with van der Waals surface area (Å²) < 4.78 is 13.1. The number of methoxy groups -OCH3 is 1. The van der Waals surface area contributed by atoms with Gasteiger partial charge in [-0.3, -0.25) is 0 Å². The second kappa shape index (κ2) is 8.35. The molecule has 0 spiro atoms. The van der Waals surface area contributed by atoms with Gasteiger partial charge in [0.2, 0.25) is 5.88 Å². The van der Waals surface area contributed by atoms with Crippen molar-refractivity contribution in [1.29, 1.82) is 0 Å². The number of fused-ring (bicyclic) bond motifs is 1. The lowest BCUT2D eigenvalue weighted by Gasteiger charge is -2.32. The van der Waals surface area contributed by atoms with Crippen LogP contribution < -0.4 is 10.1 Å². The molecule has 1 amide bonds. The number of benzene rings is 1. The van der Waals surface area contributed by atoms with Crippen molar-refractivity contribution in [2.24, 2.45) is 0 Å². The van der Waals surface area contributed by atoms with Gasteiger partial charge in [0, 0.05) is 41.0 Å². The number of carbonyl (C=O) groups is 1. The Morgan fingerprint density at radius 1 is 1.22 bits per heavy atom. The number of aromatic nitrogens is 1. The van der Waals surface area contributed by atoms with Gasteiger partial charge in [-0.25, -0.2) is 14.1 Å². The van der Waals surface area contributed by atoms with E-state index in [1.54, 1.807) is 25.3 Å². The maximum absolute atomic E-state index is 11.9. The normalized spacial score (nSPS) is 16.3. The summed E-state index contributed by atoms with van der Waals surface area (Å²) in [5, 5.41) is 5.14. The Morgan fingerprint density at radius 3 is 2.63 bits per heavy atom. The minimum Gasteiger partial charge on any atom is -0.481 e. The predicted octanol–water partition coefficient (Wildman–Crippen LogP) is 4.24. The number of alkyl carbamates (subject to hydrolysis) is 1. The Morgan fingerprint density at radius 2 is 1.96 bits per heavy atom. The van der Waals surface area contributed by atoms with Crippen molar-refractivity contribution in [3.63, 3.8) is 0 Å². The first-order valence-electron chi connectivity index (χ1n) is 9.20. The Balaban J connectivity index is 1.58. The summed E-state index contributed by atoms with van der Waals surface area (Å²) in [7, 11) is 1.64. The van der Waals surface area contributed by atoms with Gasteiger partial charge in [0.15, 0.2) is 0 Å². The average molecular weight is 390 g/mol. The van der Waals surface area contributed by atoms with Crippen LogP contribution in [0, 0.1) is 0 Å². The first-order chi connectivity index (χ1) is 12.9. The molecule has 1 saturated heterocycles. The van der Waals surface area contributed by atoms with Crippen LogP contribution in [0.3, 0.4) is 0 Å². The van der Waals surface area contributed by atoms with Gasteiger partial charge in [0.1, 0.15) is 5.60 Å². The molecule has 0 atom stereocenters. The van der Waals surface area contributed by atoms with Crippen molar-refractivity contribution in [3.8, 4) is 5.88 Å². The topological polar surface area (TPSA) is 63.7 Å². The Kier molecular flexibility index (Phi) is 6.11. The van der Waals surface area contributed by atoms with Gasteiger partial charge in [0.25, 0.3) is 0 Å². The van der Waals surface area contributed by atoms with Crippen molar-refractivity contribution in [3.05, 3.63) is 30.5 Å². The fraction of sp³-hybridized carbons (Fsp3) is 0.500. The fourth-order valence-corrected chi connectivity index (χ4v) is 4.19. The quantitative estimate of drug-likeness (QED) is 0.789. The van der Waals surface area contributed by atoms with E-state index in [2.05, 4.69) is 20.7 Å². The molecule has 0 saturated carbocycles. The van der Waals surface area contributed by atoms with E-state index in [-0.39, 0.29) is 12.1 Å². The summed E-state index contributed by atoms with van der Waals surface area (Å²) in [5.41, 5.74) is -0.467. The maximum Gasteiger partial charge on any atom is 0.407 e. The zero-order valence-corrected chi connectivity index (χ0v) is 17.1. The number of amides is 1. The molecule has 0 unspecified atom stereocenters. The molecule has 1 aliphatic rings. The average Bonchev–Trinajstić information content (AvgIpc) is 2.61. The number of pyridine rings is 1. The zero-order valence-electron chi connectivity index (χ0n) is 16.3. The standard InChI is InChI=1S/C20H27N3O3S/c1-20(2,3)26-19(24)22-14-9-12-23(13-10-14)27-17-7-5-6-16-15(17)8-11-21-18(16)25-4/h5-8,11,14H,9-10,12-13H2,1-4H3,(H,22,24). The van der Waals surface area contributed by atoms with E-state index < -0.39 is 5.60 Å². The van der Waals surface area contributed by atoms with Gasteiger partial charge in [-0.1, -0.05) is 6.07 Å². The molecule has 146 valence electrons. The highest BCUT2D eigenvalue weighted by molar-refractivity contribution is 7.97. The van der Waals surface area contributed by atoms with Gasteiger partial charge in [-0.2, -0.15) is 0 Å². The molecule has 27 heavy (non-hydrogen) atoms. The molecule has 0 bridgehead atoms. The molecular formula is C20H27N3O3S. The third-order valence-corrected chi connectivity index (χ3v) is 5.50. The maximum atomic E-state index is 11.9. The van der Waals surface area contributed by atoms with Crippen LogP contribution in [-0.4, -0.2) is 47.2 Å². The van der Waals surface area contributed by atoms with Gasteiger partial charge in [-0.15, -0.1) is 0 Å². The first-order valence-corrected chi connectivity index (χ1v) is 9.97. The Hall–Kier alpha value is -1.99. The lowest BCUT2D eigenvalue weighted by atomic mass is 10.1. The van der Waals surface area contributed by atoms with Crippen LogP contribution in [0.5, 0.6) is 5.88 Å². The van der Waals surface area contributed by atoms with E-state index in [0.29, 0.717) is 5.88 Å². The minimum atomic E-state index is -0.467. The summed E-state index contributed by atoms with van der Waals surface area (Å²) >= 11 is 1.75. The number of rotatable bonds is 4. The molecule has 0 radical (unpaired) electrons. The molecule has 1 aromatic carbocycles. The lowest BCUT2D eigenvalue weighted by molar-refractivity contribution is 0.0490. The number of nitrogens with one attached hydrogen (secondary N) is 1. The van der Waals surface area contributed by atoms with Gasteiger partial charge in [-0.05, 0) is 63.8 Å². The van der Waals surface area contributed by atoms with E-state index in [0.717, 1.165) is 36.7 Å². The van der Waals surface area contributed by atoms with Crippen LogP contribution in [0.2, 0.25) is 0 Å². The molecule has 2 heterocycles. The Labute approximate surface area is 164 Å². The summed E-state index contributed by atoms with van der Waals surface area (Å²) in [5.74, 6) is 0.648. The van der Waals surface area contributed by atoms with Gasteiger partial charge >= 0.3 is 6.09 Å². The van der Waals surface area contributed by atoms with Crippen molar-refractivity contribution in [2.45, 2.75) is 50.2 Å². The first kappa shape index (κ1) is 19.8. The van der Waals surface area contributed by atoms with E-state index >= 15 is 0 Å². The highest BCUT2D eigenvalue weighted by Gasteiger charge is 2.24. The number of piperidine rings is 1. The molecule has 1 aromatic heterocycles. The molecule has 3 rings (SSSR count). The van der Waals surface area contributed by atoms with Crippen molar-refractivity contribution < 1.29 is 14.3 Å². The molecule has 7 heteroatoms. The van der Waals surface area contributed by atoms with Crippen molar-refractivity contribution in [2.75, 3.05) is 20.2 Å². The van der Waals surface area contributed by atoms with E-state index in [1.165, 1.54) is 4.90 Å². The van der Waals surface area contributed by atoms with Gasteiger partial charge < -0.3 is 14.8 Å². The van der Waals surface area contributed by atoms with Gasteiger partial charge in [0.05, 0.1) is 7.11 Å².